The van der Waals surface area contributed by atoms with Crippen LogP contribution >= 0.6 is 0 Å². The highest BCUT2D eigenvalue weighted by atomic mass is 32.2. The molecule has 0 spiro atoms. The number of benzene rings is 1. The second kappa shape index (κ2) is 9.67. The molecule has 3 heterocycles. The van der Waals surface area contributed by atoms with Crippen LogP contribution in [0.15, 0.2) is 68.8 Å². The van der Waals surface area contributed by atoms with Crippen LogP contribution in [-0.4, -0.2) is 50.5 Å². The summed E-state index contributed by atoms with van der Waals surface area (Å²) in [5.41, 5.74) is 5.35. The van der Waals surface area contributed by atoms with Crippen LogP contribution in [0.3, 0.4) is 0 Å². The normalized spacial score (nSPS) is 12.6. The van der Waals surface area contributed by atoms with Crippen molar-refractivity contribution in [1.82, 2.24) is 24.5 Å². The molecule has 4 N–H and O–H groups in total. The Balaban J connectivity index is 1.97. The molecular formula is C22H21N9O6S2. The van der Waals surface area contributed by atoms with Crippen LogP contribution in [0, 0.1) is 11.3 Å². The van der Waals surface area contributed by atoms with Crippen LogP contribution in [0.4, 0.5) is 17.3 Å². The Kier molecular flexibility index (Phi) is 6.82. The highest BCUT2D eigenvalue weighted by molar-refractivity contribution is 7.86. The van der Waals surface area contributed by atoms with E-state index < -0.39 is 41.1 Å². The van der Waals surface area contributed by atoms with Gasteiger partial charge < -0.3 is 5.73 Å². The average Bonchev–Trinajstić information content (AvgIpc) is 3.42. The second-order valence-electron chi connectivity index (χ2n) is 9.12. The van der Waals surface area contributed by atoms with Crippen molar-refractivity contribution >= 4 is 37.6 Å². The van der Waals surface area contributed by atoms with Crippen molar-refractivity contribution in [3.05, 3.63) is 60.0 Å². The van der Waals surface area contributed by atoms with E-state index in [9.17, 15) is 31.2 Å². The lowest BCUT2D eigenvalue weighted by atomic mass is 9.91. The minimum atomic E-state index is -4.89. The summed E-state index contributed by atoms with van der Waals surface area (Å²) >= 11 is 0. The number of hydrogen-bond acceptors (Lipinski definition) is 11. The maximum atomic E-state index is 12.1. The van der Waals surface area contributed by atoms with Crippen molar-refractivity contribution in [1.29, 1.82) is 5.26 Å². The van der Waals surface area contributed by atoms with Gasteiger partial charge in [-0.25, -0.2) is 9.67 Å². The molecule has 15 nitrogen and oxygen atoms in total. The lowest BCUT2D eigenvalue weighted by Crippen LogP contribution is -2.14. The van der Waals surface area contributed by atoms with Gasteiger partial charge in [0, 0.05) is 11.6 Å². The fraction of sp³-hybridized carbons (Fsp3) is 0.182. The Hall–Kier alpha value is -4.50. The summed E-state index contributed by atoms with van der Waals surface area (Å²) in [7, 11) is -9.66. The maximum Gasteiger partial charge on any atom is 0.296 e. The number of azo groups is 1. The predicted octanol–water partition coefficient (Wildman–Crippen LogP) is 3.11. The molecular weight excluding hydrogens is 550 g/mol. The number of nitrogens with zero attached hydrogens (tertiary/aromatic N) is 8. The van der Waals surface area contributed by atoms with Gasteiger partial charge >= 0.3 is 0 Å². The van der Waals surface area contributed by atoms with E-state index in [-0.39, 0.29) is 28.6 Å². The smallest absolute Gasteiger partial charge is 0.296 e. The van der Waals surface area contributed by atoms with E-state index in [1.165, 1.54) is 17.1 Å². The molecule has 4 rings (SSSR count). The number of nitrogens with two attached hydrogens (primary N) is 1. The molecule has 0 radical (unpaired) electrons. The molecule has 0 bridgehead atoms. The summed E-state index contributed by atoms with van der Waals surface area (Å²) in [5.74, 6) is 0.103. The van der Waals surface area contributed by atoms with Gasteiger partial charge in [-0.15, -0.1) is 10.2 Å². The first-order valence-corrected chi connectivity index (χ1v) is 13.8. The van der Waals surface area contributed by atoms with Gasteiger partial charge in [0.05, 0.1) is 22.5 Å². The summed E-state index contributed by atoms with van der Waals surface area (Å²) in [5, 5.41) is 26.4. The number of pyridine rings is 1. The van der Waals surface area contributed by atoms with Gasteiger partial charge in [0.2, 0.25) is 0 Å². The van der Waals surface area contributed by atoms with Gasteiger partial charge in [0.25, 0.3) is 20.2 Å². The predicted molar refractivity (Wildman–Crippen MR) is 137 cm³/mol. The molecule has 17 heteroatoms. The number of nitriles is 1. The number of nitrogen functional groups attached to an aromatic ring is 1. The number of rotatable bonds is 6. The first-order valence-electron chi connectivity index (χ1n) is 10.9. The highest BCUT2D eigenvalue weighted by Crippen LogP contribution is 2.39. The van der Waals surface area contributed by atoms with Gasteiger partial charge in [-0.2, -0.15) is 37.0 Å². The van der Waals surface area contributed by atoms with E-state index in [4.69, 9.17) is 5.73 Å². The fourth-order valence-corrected chi connectivity index (χ4v) is 4.66. The quantitative estimate of drug-likeness (QED) is 0.225. The van der Waals surface area contributed by atoms with Gasteiger partial charge in [-0.3, -0.25) is 9.11 Å². The molecule has 0 saturated heterocycles. The van der Waals surface area contributed by atoms with E-state index >= 15 is 0 Å². The molecule has 3 aromatic heterocycles. The zero-order valence-electron chi connectivity index (χ0n) is 20.6. The minimum absolute atomic E-state index is 0.0233. The van der Waals surface area contributed by atoms with Crippen molar-refractivity contribution in [2.24, 2.45) is 10.2 Å². The molecule has 0 aliphatic rings. The van der Waals surface area contributed by atoms with E-state index in [0.717, 1.165) is 22.9 Å². The lowest BCUT2D eigenvalue weighted by molar-refractivity contribution is 0.477. The molecule has 4 aromatic rings. The van der Waals surface area contributed by atoms with Crippen molar-refractivity contribution in [2.45, 2.75) is 36.0 Å². The van der Waals surface area contributed by atoms with E-state index in [2.05, 4.69) is 25.4 Å². The van der Waals surface area contributed by atoms with Crippen LogP contribution in [0.25, 0.3) is 11.5 Å². The summed E-state index contributed by atoms with van der Waals surface area (Å²) < 4.78 is 69.1. The van der Waals surface area contributed by atoms with E-state index in [1.807, 2.05) is 6.07 Å². The second-order valence-corrected chi connectivity index (χ2v) is 11.9. The van der Waals surface area contributed by atoms with Crippen LogP contribution in [0.2, 0.25) is 0 Å². The van der Waals surface area contributed by atoms with E-state index in [1.54, 1.807) is 39.0 Å². The van der Waals surface area contributed by atoms with Crippen LogP contribution in [0.5, 0.6) is 0 Å². The highest BCUT2D eigenvalue weighted by Gasteiger charge is 2.30. The van der Waals surface area contributed by atoms with Crippen LogP contribution in [0.1, 0.15) is 32.0 Å². The first-order chi connectivity index (χ1) is 18.1. The van der Waals surface area contributed by atoms with Gasteiger partial charge in [-0.05, 0) is 30.3 Å². The lowest BCUT2D eigenvalue weighted by Gasteiger charge is -2.15. The number of aromatic nitrogens is 5. The molecule has 0 fully saturated rings. The third kappa shape index (κ3) is 5.39. The molecule has 202 valence electrons. The molecule has 0 unspecified atom stereocenters. The molecule has 0 aliphatic heterocycles. The summed E-state index contributed by atoms with van der Waals surface area (Å²) in [6, 6.07) is 9.39. The first kappa shape index (κ1) is 27.5. The molecule has 1 aromatic carbocycles. The molecule has 0 amide bonds. The Labute approximate surface area is 222 Å². The van der Waals surface area contributed by atoms with Crippen molar-refractivity contribution in [2.75, 3.05) is 5.73 Å². The molecule has 0 saturated carbocycles. The summed E-state index contributed by atoms with van der Waals surface area (Å²) in [6.07, 6.45) is 2.80. The Morgan fingerprint density at radius 3 is 2.31 bits per heavy atom. The molecule has 0 aliphatic carbocycles. The van der Waals surface area contributed by atoms with Crippen molar-refractivity contribution in [3.8, 4) is 17.6 Å². The largest absolute Gasteiger partial charge is 0.382 e. The summed E-state index contributed by atoms with van der Waals surface area (Å²) in [6.45, 7) is 5.28. The summed E-state index contributed by atoms with van der Waals surface area (Å²) in [4.78, 5) is 2.79. The molecule has 39 heavy (non-hydrogen) atoms. The Morgan fingerprint density at radius 1 is 1.03 bits per heavy atom. The van der Waals surface area contributed by atoms with Crippen molar-refractivity contribution < 1.29 is 25.9 Å². The Bertz CT molecular complexity index is 1860. The Morgan fingerprint density at radius 2 is 1.74 bits per heavy atom. The zero-order chi connectivity index (χ0) is 28.8. The van der Waals surface area contributed by atoms with Gasteiger partial charge in [0.15, 0.2) is 23.1 Å². The average molecular weight is 572 g/mol. The standard InChI is InChI=1S/C22H21N9O6S2/c1-22(2,3)19-18(27-28-21-13(11-23)12-26-31(21)17-6-4-5-9-25-17)20(24)30(29-19)15-10-14(38(32,33)34)7-8-16(15)39(35,36)37/h4-10,12H,24H2,1-3H3,(H,32,33,34)(H,35,36,37). The van der Waals surface area contributed by atoms with Gasteiger partial charge in [0.1, 0.15) is 16.5 Å². The van der Waals surface area contributed by atoms with Crippen molar-refractivity contribution in [3.63, 3.8) is 0 Å². The van der Waals surface area contributed by atoms with E-state index in [0.29, 0.717) is 5.82 Å². The zero-order valence-corrected chi connectivity index (χ0v) is 22.3. The third-order valence-electron chi connectivity index (χ3n) is 5.32. The van der Waals surface area contributed by atoms with Crippen LogP contribution in [-0.2, 0) is 25.7 Å². The SMILES string of the molecule is CC(C)(C)c1nn(-c2cc(S(=O)(=O)O)ccc2S(=O)(=O)O)c(N)c1N=Nc1c(C#N)cnn1-c1ccccn1. The fourth-order valence-electron chi connectivity index (χ4n) is 3.51. The number of hydrogen-bond donors (Lipinski definition) is 3. The van der Waals surface area contributed by atoms with Gasteiger partial charge in [-0.1, -0.05) is 26.8 Å². The minimum Gasteiger partial charge on any atom is -0.382 e. The maximum absolute atomic E-state index is 12.1. The van der Waals surface area contributed by atoms with Crippen LogP contribution < -0.4 is 5.73 Å². The third-order valence-corrected chi connectivity index (χ3v) is 7.07. The topological polar surface area (TPSA) is 232 Å². The number of anilines is 1. The monoisotopic (exact) mass is 571 g/mol. The molecule has 0 atom stereocenters.